The van der Waals surface area contributed by atoms with Crippen LogP contribution in [0.4, 0.5) is 0 Å². The van der Waals surface area contributed by atoms with Gasteiger partial charge in [-0.2, -0.15) is 0 Å². The van der Waals surface area contributed by atoms with Crippen LogP contribution in [0.15, 0.2) is 18.2 Å². The molecule has 148 valence electrons. The molecule has 0 aliphatic carbocycles. The second-order valence-corrected chi connectivity index (χ2v) is 8.47. The van der Waals surface area contributed by atoms with Gasteiger partial charge in [-0.05, 0) is 76.4 Å². The van der Waals surface area contributed by atoms with Crippen LogP contribution in [0.2, 0.25) is 10.0 Å². The van der Waals surface area contributed by atoms with Crippen LogP contribution < -0.4 is 0 Å². The molecule has 1 saturated heterocycles. The van der Waals surface area contributed by atoms with Gasteiger partial charge in [-0.3, -0.25) is 4.90 Å². The van der Waals surface area contributed by atoms with E-state index in [1.54, 1.807) is 13.2 Å². The van der Waals surface area contributed by atoms with Crippen molar-refractivity contribution in [1.29, 1.82) is 0 Å². The number of piperidine rings is 1. The molecule has 2 rings (SSSR count). The molecule has 1 unspecified atom stereocenters. The van der Waals surface area contributed by atoms with Crippen molar-refractivity contribution in [1.82, 2.24) is 4.90 Å². The third-order valence-electron chi connectivity index (χ3n) is 4.55. The van der Waals surface area contributed by atoms with Crippen LogP contribution in [0, 0.1) is 5.92 Å². The monoisotopic (exact) mass is 403 g/mol. The molecule has 0 amide bonds. The van der Waals surface area contributed by atoms with Crippen LogP contribution in [0.25, 0.3) is 0 Å². The zero-order chi connectivity index (χ0) is 19.7. The second-order valence-electron chi connectivity index (χ2n) is 7.60. The first-order valence-electron chi connectivity index (χ1n) is 8.99. The SMILES string of the molecule is COC(C)(C)C.O=CCC(c1cc(Cl)cc(Cl)c1)N1CCC(CO)CC1. The summed E-state index contributed by atoms with van der Waals surface area (Å²) >= 11 is 12.1. The largest absolute Gasteiger partial charge is 0.396 e. The molecule has 0 saturated carbocycles. The predicted octanol–water partition coefficient (Wildman–Crippen LogP) is 4.76. The number of hydrogen-bond acceptors (Lipinski definition) is 4. The molecule has 4 nitrogen and oxygen atoms in total. The fourth-order valence-corrected chi connectivity index (χ4v) is 3.34. The van der Waals surface area contributed by atoms with E-state index in [1.165, 1.54) is 0 Å². The first-order valence-corrected chi connectivity index (χ1v) is 9.75. The Morgan fingerprint density at radius 3 is 2.12 bits per heavy atom. The Hall–Kier alpha value is -0.650. The molecule has 0 bridgehead atoms. The molecule has 26 heavy (non-hydrogen) atoms. The molecule has 1 aromatic carbocycles. The van der Waals surface area contributed by atoms with Gasteiger partial charge in [-0.1, -0.05) is 23.2 Å². The predicted molar refractivity (Wildman–Crippen MR) is 108 cm³/mol. The van der Waals surface area contributed by atoms with E-state index in [9.17, 15) is 9.90 Å². The Bertz CT molecular complexity index is 532. The molecule has 1 aliphatic rings. The summed E-state index contributed by atoms with van der Waals surface area (Å²) in [5.41, 5.74) is 1.03. The number of likely N-dealkylation sites (tertiary alicyclic amines) is 1. The van der Waals surface area contributed by atoms with Crippen molar-refractivity contribution >= 4 is 29.5 Å². The number of rotatable bonds is 5. The lowest BCUT2D eigenvalue weighted by atomic mass is 9.94. The number of nitrogens with zero attached hydrogens (tertiary/aromatic N) is 1. The van der Waals surface area contributed by atoms with Crippen LogP contribution in [0.1, 0.15) is 51.6 Å². The van der Waals surface area contributed by atoms with Gasteiger partial charge in [0.25, 0.3) is 0 Å². The maximum Gasteiger partial charge on any atom is 0.121 e. The molecule has 1 aromatic rings. The normalized spacial score (nSPS) is 17.3. The number of benzene rings is 1. The highest BCUT2D eigenvalue weighted by Gasteiger charge is 2.26. The van der Waals surface area contributed by atoms with Crippen LogP contribution >= 0.6 is 23.2 Å². The van der Waals surface area contributed by atoms with Crippen molar-refractivity contribution in [2.45, 2.75) is 51.7 Å². The Morgan fingerprint density at radius 1 is 1.23 bits per heavy atom. The van der Waals surface area contributed by atoms with E-state index >= 15 is 0 Å². The Morgan fingerprint density at radius 2 is 1.73 bits per heavy atom. The number of carbonyl (C=O) groups excluding carboxylic acids is 1. The van der Waals surface area contributed by atoms with Gasteiger partial charge in [0.05, 0.1) is 5.60 Å². The van der Waals surface area contributed by atoms with E-state index in [0.29, 0.717) is 22.4 Å². The lowest BCUT2D eigenvalue weighted by Crippen LogP contribution is -2.37. The van der Waals surface area contributed by atoms with Crippen LogP contribution in [0.5, 0.6) is 0 Å². The first-order chi connectivity index (χ1) is 12.2. The molecular formula is C20H31Cl2NO3. The van der Waals surface area contributed by atoms with Crippen molar-refractivity contribution < 1.29 is 14.6 Å². The minimum absolute atomic E-state index is 0.0170. The molecule has 1 fully saturated rings. The number of halogens is 2. The van der Waals surface area contributed by atoms with Gasteiger partial charge in [0.1, 0.15) is 6.29 Å². The third kappa shape index (κ3) is 8.36. The van der Waals surface area contributed by atoms with Crippen LogP contribution in [-0.4, -0.2) is 48.7 Å². The summed E-state index contributed by atoms with van der Waals surface area (Å²) in [7, 11) is 1.71. The van der Waals surface area contributed by atoms with E-state index in [0.717, 1.165) is 37.8 Å². The van der Waals surface area contributed by atoms with Crippen molar-refractivity contribution in [2.75, 3.05) is 26.8 Å². The second kappa shape index (κ2) is 11.3. The van der Waals surface area contributed by atoms with Gasteiger partial charge in [0.15, 0.2) is 0 Å². The molecule has 0 spiro atoms. The molecule has 0 radical (unpaired) electrons. The summed E-state index contributed by atoms with van der Waals surface area (Å²) in [5.74, 6) is 0.381. The fraction of sp³-hybridized carbons (Fsp3) is 0.650. The smallest absolute Gasteiger partial charge is 0.121 e. The maximum absolute atomic E-state index is 11.0. The molecule has 6 heteroatoms. The fourth-order valence-electron chi connectivity index (χ4n) is 2.80. The molecule has 1 heterocycles. The number of hydrogen-bond donors (Lipinski definition) is 1. The van der Waals surface area contributed by atoms with E-state index in [-0.39, 0.29) is 18.2 Å². The molecular weight excluding hydrogens is 373 g/mol. The highest BCUT2D eigenvalue weighted by atomic mass is 35.5. The molecule has 0 aromatic heterocycles. The lowest BCUT2D eigenvalue weighted by Gasteiger charge is -2.36. The molecule has 1 atom stereocenters. The van der Waals surface area contributed by atoms with Gasteiger partial charge >= 0.3 is 0 Å². The van der Waals surface area contributed by atoms with Gasteiger partial charge in [-0.15, -0.1) is 0 Å². The third-order valence-corrected chi connectivity index (χ3v) is 4.99. The summed E-state index contributed by atoms with van der Waals surface area (Å²) < 4.78 is 4.94. The number of aliphatic hydroxyl groups is 1. The van der Waals surface area contributed by atoms with Crippen molar-refractivity contribution in [3.8, 4) is 0 Å². The summed E-state index contributed by atoms with van der Waals surface area (Å²) in [6, 6.07) is 5.46. The van der Waals surface area contributed by atoms with Gasteiger partial charge in [0.2, 0.25) is 0 Å². The Kier molecular flexibility index (Phi) is 10.1. The zero-order valence-corrected chi connectivity index (χ0v) is 17.7. The topological polar surface area (TPSA) is 49.8 Å². The van der Waals surface area contributed by atoms with Crippen molar-refractivity contribution in [2.24, 2.45) is 5.92 Å². The summed E-state index contributed by atoms with van der Waals surface area (Å²) in [5, 5.41) is 10.4. The molecule has 1 aliphatic heterocycles. The quantitative estimate of drug-likeness (QED) is 0.719. The summed E-state index contributed by atoms with van der Waals surface area (Å²) in [4.78, 5) is 13.3. The van der Waals surface area contributed by atoms with Crippen LogP contribution in [0.3, 0.4) is 0 Å². The van der Waals surface area contributed by atoms with E-state index in [1.807, 2.05) is 32.9 Å². The number of aliphatic hydroxyl groups excluding tert-OH is 1. The minimum Gasteiger partial charge on any atom is -0.396 e. The highest BCUT2D eigenvalue weighted by molar-refractivity contribution is 6.34. The number of ether oxygens (including phenoxy) is 1. The van der Waals surface area contributed by atoms with Gasteiger partial charge in [0, 0.05) is 36.2 Å². The first kappa shape index (κ1) is 23.4. The van der Waals surface area contributed by atoms with Crippen LogP contribution in [-0.2, 0) is 9.53 Å². The zero-order valence-electron chi connectivity index (χ0n) is 16.2. The number of carbonyl (C=O) groups is 1. The summed E-state index contributed by atoms with van der Waals surface area (Å²) in [6.07, 6.45) is 3.29. The minimum atomic E-state index is 0.0170. The van der Waals surface area contributed by atoms with Gasteiger partial charge in [-0.25, -0.2) is 0 Å². The summed E-state index contributed by atoms with van der Waals surface area (Å²) in [6.45, 7) is 8.07. The molecule has 1 N–H and O–H groups in total. The Labute approximate surface area is 167 Å². The number of aldehydes is 1. The van der Waals surface area contributed by atoms with E-state index < -0.39 is 0 Å². The maximum atomic E-state index is 11.0. The number of methoxy groups -OCH3 is 1. The Balaban J connectivity index is 0.000000487. The average Bonchev–Trinajstić information content (AvgIpc) is 2.59. The van der Waals surface area contributed by atoms with E-state index in [4.69, 9.17) is 27.9 Å². The standard InChI is InChI=1S/C15H19Cl2NO2.C5H12O/c16-13-7-12(8-14(17)9-13)15(3-6-19)18-4-1-11(10-20)2-5-18;1-5(2,3)6-4/h6-9,11,15,20H,1-5,10H2;1-4H3. The lowest BCUT2D eigenvalue weighted by molar-refractivity contribution is -0.109. The average molecular weight is 404 g/mol. The van der Waals surface area contributed by atoms with Crippen molar-refractivity contribution in [3.05, 3.63) is 33.8 Å². The van der Waals surface area contributed by atoms with Gasteiger partial charge < -0.3 is 14.6 Å². The highest BCUT2D eigenvalue weighted by Crippen LogP contribution is 2.32. The van der Waals surface area contributed by atoms with E-state index in [2.05, 4.69) is 4.90 Å². The van der Waals surface area contributed by atoms with Crippen molar-refractivity contribution in [3.63, 3.8) is 0 Å².